The van der Waals surface area contributed by atoms with Crippen molar-refractivity contribution in [3.05, 3.63) is 40.3 Å². The molecule has 0 radical (unpaired) electrons. The van der Waals surface area contributed by atoms with E-state index in [1.165, 1.54) is 10.4 Å². The fourth-order valence-electron chi connectivity index (χ4n) is 4.32. The number of anilines is 2. The van der Waals surface area contributed by atoms with Gasteiger partial charge in [-0.3, -0.25) is 9.59 Å². The Balaban J connectivity index is 1.24. The highest BCUT2D eigenvalue weighted by molar-refractivity contribution is 7.89. The highest BCUT2D eigenvalue weighted by Gasteiger charge is 2.30. The smallest absolute Gasteiger partial charge is 0.250 e. The maximum Gasteiger partial charge on any atom is 0.250 e. The van der Waals surface area contributed by atoms with Gasteiger partial charge in [-0.1, -0.05) is 17.4 Å². The quantitative estimate of drug-likeness (QED) is 0.234. The lowest BCUT2D eigenvalue weighted by Gasteiger charge is -2.31. The van der Waals surface area contributed by atoms with Gasteiger partial charge in [-0.2, -0.15) is 5.10 Å². The third-order valence-electron chi connectivity index (χ3n) is 6.49. The molecule has 1 saturated heterocycles. The molecule has 0 spiro atoms. The van der Waals surface area contributed by atoms with Crippen molar-refractivity contribution in [1.29, 1.82) is 0 Å². The van der Waals surface area contributed by atoms with Crippen molar-refractivity contribution in [2.24, 2.45) is 11.0 Å². The van der Waals surface area contributed by atoms with E-state index in [1.54, 1.807) is 6.92 Å². The third kappa shape index (κ3) is 6.34. The van der Waals surface area contributed by atoms with E-state index in [2.05, 4.69) is 26.1 Å². The molecule has 15 heteroatoms. The first kappa shape index (κ1) is 28.0. The molecule has 1 fully saturated rings. The summed E-state index contributed by atoms with van der Waals surface area (Å²) in [4.78, 5) is 28.4. The van der Waals surface area contributed by atoms with Crippen molar-refractivity contribution >= 4 is 49.7 Å². The number of carbonyl (C=O) groups excluding carboxylic acids is 2. The van der Waals surface area contributed by atoms with Crippen LogP contribution in [0, 0.1) is 17.6 Å². The van der Waals surface area contributed by atoms with Gasteiger partial charge in [0.15, 0.2) is 5.13 Å². The molecule has 3 heterocycles. The zero-order valence-corrected chi connectivity index (χ0v) is 22.3. The normalized spacial score (nSPS) is 18.9. The minimum absolute atomic E-state index is 0.0108. The first-order chi connectivity index (χ1) is 18.1. The van der Waals surface area contributed by atoms with E-state index >= 15 is 0 Å². The number of nitrogen functional groups attached to an aromatic ring is 1. The number of thiazole rings is 1. The number of aromatic nitrogens is 1. The molecule has 0 bridgehead atoms. The molecule has 11 nitrogen and oxygen atoms in total. The summed E-state index contributed by atoms with van der Waals surface area (Å²) in [5, 5.41) is 10.5. The molecular formula is C23H29F2N7O4S2. The van der Waals surface area contributed by atoms with Gasteiger partial charge in [-0.25, -0.2) is 31.9 Å². The second-order valence-corrected chi connectivity index (χ2v) is 12.2. The van der Waals surface area contributed by atoms with Crippen molar-refractivity contribution in [3.63, 3.8) is 0 Å². The number of nitrogens with two attached hydrogens (primary N) is 1. The molecule has 1 unspecified atom stereocenters. The van der Waals surface area contributed by atoms with Crippen LogP contribution in [0.25, 0.3) is 0 Å². The maximum atomic E-state index is 14.0. The number of amides is 1. The van der Waals surface area contributed by atoms with Gasteiger partial charge in [-0.05, 0) is 44.9 Å². The van der Waals surface area contributed by atoms with Crippen LogP contribution in [0.3, 0.4) is 0 Å². The van der Waals surface area contributed by atoms with Crippen molar-refractivity contribution in [2.45, 2.75) is 32.2 Å². The monoisotopic (exact) mass is 569 g/mol. The molecular weight excluding hydrogens is 540 g/mol. The highest BCUT2D eigenvalue weighted by atomic mass is 32.2. The number of ketones is 1. The van der Waals surface area contributed by atoms with Gasteiger partial charge in [0.1, 0.15) is 22.3 Å². The van der Waals surface area contributed by atoms with Gasteiger partial charge < -0.3 is 16.4 Å². The number of rotatable bonds is 11. The van der Waals surface area contributed by atoms with E-state index in [9.17, 15) is 26.8 Å². The number of nitrogens with one attached hydrogen (secondary N) is 3. The Bertz CT molecular complexity index is 1320. The molecule has 2 aliphatic rings. The van der Waals surface area contributed by atoms with E-state index in [0.717, 1.165) is 23.5 Å². The lowest BCUT2D eigenvalue weighted by Crippen LogP contribution is -2.43. The Morgan fingerprint density at radius 3 is 2.58 bits per heavy atom. The Hall–Kier alpha value is -3.01. The summed E-state index contributed by atoms with van der Waals surface area (Å²) in [7, 11) is -3.44. The number of benzene rings is 1. The zero-order chi connectivity index (χ0) is 27.4. The van der Waals surface area contributed by atoms with Crippen molar-refractivity contribution in [2.75, 3.05) is 43.0 Å². The van der Waals surface area contributed by atoms with Crippen LogP contribution in [0.4, 0.5) is 19.7 Å². The molecule has 206 valence electrons. The molecule has 2 aliphatic heterocycles. The number of sulfonamides is 1. The Morgan fingerprint density at radius 2 is 1.95 bits per heavy atom. The molecule has 0 aliphatic carbocycles. The summed E-state index contributed by atoms with van der Waals surface area (Å²) >= 11 is 0.904. The summed E-state index contributed by atoms with van der Waals surface area (Å²) in [5.41, 5.74) is 8.29. The number of carbonyl (C=O) groups is 2. The SMILES string of the molecule is CC1=NNC(=O)C1CNCCCS(=O)(=O)N1CCC(Nc2nc(N)c(C(=O)c3c(F)cccc3F)s2)CC1. The van der Waals surface area contributed by atoms with Crippen molar-refractivity contribution < 1.29 is 26.8 Å². The molecule has 38 heavy (non-hydrogen) atoms. The lowest BCUT2D eigenvalue weighted by molar-refractivity contribution is -0.122. The number of hydrogen-bond acceptors (Lipinski definition) is 10. The number of nitrogens with zero attached hydrogens (tertiary/aromatic N) is 3. The first-order valence-corrected chi connectivity index (χ1v) is 14.5. The highest BCUT2D eigenvalue weighted by Crippen LogP contribution is 2.30. The minimum Gasteiger partial charge on any atom is -0.382 e. The first-order valence-electron chi connectivity index (χ1n) is 12.1. The number of halogens is 2. The van der Waals surface area contributed by atoms with Gasteiger partial charge >= 0.3 is 0 Å². The average Bonchev–Trinajstić information content (AvgIpc) is 3.39. The molecule has 1 atom stereocenters. The van der Waals surface area contributed by atoms with E-state index < -0.39 is 33.0 Å². The Morgan fingerprint density at radius 1 is 1.26 bits per heavy atom. The van der Waals surface area contributed by atoms with Crippen LogP contribution >= 0.6 is 11.3 Å². The number of hydrogen-bond donors (Lipinski definition) is 4. The number of hydrazone groups is 1. The van der Waals surface area contributed by atoms with Crippen LogP contribution in [0.1, 0.15) is 41.4 Å². The Kier molecular flexibility index (Phi) is 8.70. The summed E-state index contributed by atoms with van der Waals surface area (Å²) in [6.45, 7) is 3.26. The molecule has 1 aromatic heterocycles. The van der Waals surface area contributed by atoms with Crippen molar-refractivity contribution in [1.82, 2.24) is 20.0 Å². The molecule has 1 aromatic carbocycles. The van der Waals surface area contributed by atoms with Gasteiger partial charge in [0.05, 0.1) is 17.2 Å². The molecule has 2 aromatic rings. The molecule has 5 N–H and O–H groups in total. The predicted molar refractivity (Wildman–Crippen MR) is 141 cm³/mol. The van der Waals surface area contributed by atoms with E-state index in [0.29, 0.717) is 56.3 Å². The Labute approximate surface area is 222 Å². The summed E-state index contributed by atoms with van der Waals surface area (Å²) < 4.78 is 55.0. The summed E-state index contributed by atoms with van der Waals surface area (Å²) in [6.07, 6.45) is 1.43. The molecule has 1 amide bonds. The maximum absolute atomic E-state index is 14.0. The topological polar surface area (TPSA) is 159 Å². The second-order valence-electron chi connectivity index (χ2n) is 9.13. The van der Waals surface area contributed by atoms with Crippen LogP contribution in [-0.4, -0.2) is 73.1 Å². The van der Waals surface area contributed by atoms with Gasteiger partial charge in [0.2, 0.25) is 21.7 Å². The van der Waals surface area contributed by atoms with Crippen LogP contribution < -0.4 is 21.8 Å². The van der Waals surface area contributed by atoms with Crippen molar-refractivity contribution in [3.8, 4) is 0 Å². The summed E-state index contributed by atoms with van der Waals surface area (Å²) in [5.74, 6) is -3.48. The average molecular weight is 570 g/mol. The van der Waals surface area contributed by atoms with Gasteiger partial charge in [0, 0.05) is 31.4 Å². The van der Waals surface area contributed by atoms with Gasteiger partial charge in [-0.15, -0.1) is 0 Å². The fraction of sp³-hybridized carbons (Fsp3) is 0.478. The fourth-order valence-corrected chi connectivity index (χ4v) is 6.76. The van der Waals surface area contributed by atoms with Crippen LogP contribution in [0.2, 0.25) is 0 Å². The van der Waals surface area contributed by atoms with E-state index in [-0.39, 0.29) is 34.3 Å². The zero-order valence-electron chi connectivity index (χ0n) is 20.7. The van der Waals surface area contributed by atoms with Gasteiger partial charge in [0.25, 0.3) is 0 Å². The van der Waals surface area contributed by atoms with Crippen LogP contribution in [-0.2, 0) is 14.8 Å². The predicted octanol–water partition coefficient (Wildman–Crippen LogP) is 1.54. The van der Waals surface area contributed by atoms with E-state index in [1.807, 2.05) is 0 Å². The standard InChI is InChI=1S/C23H29F2N7O4S2/c1-13-15(22(34)31-30-13)12-27-8-3-11-38(35,36)32-9-6-14(7-10-32)28-23-29-21(26)20(37-23)19(33)18-16(24)4-2-5-17(18)25/h2,4-5,14-15,27H,3,6-12,26H2,1H3,(H,28,29)(H,31,34). The van der Waals surface area contributed by atoms with Crippen LogP contribution in [0.15, 0.2) is 23.3 Å². The number of piperidine rings is 1. The molecule has 4 rings (SSSR count). The largest absolute Gasteiger partial charge is 0.382 e. The second kappa shape index (κ2) is 11.8. The van der Waals surface area contributed by atoms with E-state index in [4.69, 9.17) is 5.73 Å². The third-order valence-corrected chi connectivity index (χ3v) is 9.45. The molecule has 0 saturated carbocycles. The van der Waals surface area contributed by atoms with Crippen LogP contribution in [0.5, 0.6) is 0 Å². The lowest BCUT2D eigenvalue weighted by atomic mass is 10.1. The minimum atomic E-state index is -3.44. The summed E-state index contributed by atoms with van der Waals surface area (Å²) in [6, 6.07) is 3.06.